The molecule has 1 aliphatic heterocycles. The van der Waals surface area contributed by atoms with Gasteiger partial charge in [-0.2, -0.15) is 0 Å². The molecule has 0 atom stereocenters. The zero-order valence-electron chi connectivity index (χ0n) is 4.16. The van der Waals surface area contributed by atoms with E-state index in [1.165, 1.54) is 5.56 Å². The Kier molecular flexibility index (Phi) is 0.815. The number of aromatic nitrogens is 1. The Hall–Kier alpha value is -0.500. The van der Waals surface area contributed by atoms with Crippen LogP contribution in [-0.2, 0) is 0 Å². The minimum Gasteiger partial charge on any atom is -0.250 e. The third-order valence-electron chi connectivity index (χ3n) is 1.07. The number of rotatable bonds is 0. The fraction of sp³-hybridized carbons (Fsp3) is 0. The van der Waals surface area contributed by atoms with E-state index in [0.717, 1.165) is 5.03 Å². The first-order chi connectivity index (χ1) is 3.95. The van der Waals surface area contributed by atoms with Crippen molar-refractivity contribution in [2.24, 2.45) is 0 Å². The Labute approximate surface area is 52.1 Å². The smallest absolute Gasteiger partial charge is 0.0969 e. The highest BCUT2D eigenvalue weighted by atomic mass is 32.2. The third kappa shape index (κ3) is 0.530. The molecule has 0 aliphatic carbocycles. The molecule has 2 heterocycles. The Morgan fingerprint density at radius 3 is 3.25 bits per heavy atom. The summed E-state index contributed by atoms with van der Waals surface area (Å²) in [5.74, 6) is 2.10. The topological polar surface area (TPSA) is 12.9 Å². The van der Waals surface area contributed by atoms with Gasteiger partial charge in [0.15, 0.2) is 0 Å². The monoisotopic (exact) mass is 122 g/mol. The van der Waals surface area contributed by atoms with Crippen LogP contribution in [0.4, 0.5) is 0 Å². The molecule has 1 nitrogen and oxygen atoms in total. The van der Waals surface area contributed by atoms with Gasteiger partial charge in [-0.3, -0.25) is 0 Å². The summed E-state index contributed by atoms with van der Waals surface area (Å²) in [6.45, 7) is 0. The van der Waals surface area contributed by atoms with Gasteiger partial charge in [0.2, 0.25) is 0 Å². The van der Waals surface area contributed by atoms with Crippen molar-refractivity contribution in [2.45, 2.75) is 5.03 Å². The fourth-order valence-corrected chi connectivity index (χ4v) is 1.42. The SMILES string of the molecule is [CH]1Sc2cc1ccn2. The summed E-state index contributed by atoms with van der Waals surface area (Å²) in [7, 11) is 0. The van der Waals surface area contributed by atoms with E-state index in [4.69, 9.17) is 0 Å². The van der Waals surface area contributed by atoms with E-state index >= 15 is 0 Å². The number of pyridine rings is 1. The Balaban J connectivity index is 2.66. The molecule has 39 valence electrons. The minimum absolute atomic E-state index is 1.11. The van der Waals surface area contributed by atoms with Crippen molar-refractivity contribution in [1.29, 1.82) is 0 Å². The first kappa shape index (κ1) is 4.39. The van der Waals surface area contributed by atoms with E-state index in [1.807, 2.05) is 12.3 Å². The van der Waals surface area contributed by atoms with Gasteiger partial charge in [-0.25, -0.2) is 4.98 Å². The maximum absolute atomic E-state index is 4.08. The molecule has 1 radical (unpaired) electrons. The van der Waals surface area contributed by atoms with E-state index < -0.39 is 0 Å². The molecule has 0 unspecified atom stereocenters. The third-order valence-corrected chi connectivity index (χ3v) is 1.93. The molecule has 8 heavy (non-hydrogen) atoms. The van der Waals surface area contributed by atoms with Crippen LogP contribution < -0.4 is 0 Å². The summed E-state index contributed by atoms with van der Waals surface area (Å²) >= 11 is 1.68. The highest BCUT2D eigenvalue weighted by Gasteiger charge is 2.05. The predicted octanol–water partition coefficient (Wildman–Crippen LogP) is 1.70. The van der Waals surface area contributed by atoms with Crippen molar-refractivity contribution < 1.29 is 0 Å². The van der Waals surface area contributed by atoms with Crippen LogP contribution in [0.3, 0.4) is 0 Å². The largest absolute Gasteiger partial charge is 0.250 e. The maximum Gasteiger partial charge on any atom is 0.0969 e. The lowest BCUT2D eigenvalue weighted by Gasteiger charge is -1.80. The Morgan fingerprint density at radius 1 is 1.50 bits per heavy atom. The van der Waals surface area contributed by atoms with Crippen LogP contribution >= 0.6 is 11.8 Å². The number of nitrogens with zero attached hydrogens (tertiary/aromatic N) is 1. The fourth-order valence-electron chi connectivity index (χ4n) is 0.691. The molecule has 0 amide bonds. The zero-order valence-corrected chi connectivity index (χ0v) is 4.98. The lowest BCUT2D eigenvalue weighted by Crippen LogP contribution is -1.69. The second kappa shape index (κ2) is 1.49. The van der Waals surface area contributed by atoms with E-state index in [2.05, 4.69) is 16.8 Å². The van der Waals surface area contributed by atoms with Crippen LogP contribution in [0.1, 0.15) is 5.56 Å². The van der Waals surface area contributed by atoms with Crippen LogP contribution in [0.15, 0.2) is 23.4 Å². The zero-order chi connectivity index (χ0) is 5.40. The summed E-state index contributed by atoms with van der Waals surface area (Å²) in [5, 5.41) is 1.11. The number of hydrogen-bond donors (Lipinski definition) is 0. The van der Waals surface area contributed by atoms with Crippen molar-refractivity contribution in [2.75, 3.05) is 0 Å². The van der Waals surface area contributed by atoms with E-state index in [0.29, 0.717) is 0 Å². The van der Waals surface area contributed by atoms with Gasteiger partial charge in [0.25, 0.3) is 0 Å². The second-order valence-corrected chi connectivity index (χ2v) is 2.55. The van der Waals surface area contributed by atoms with Gasteiger partial charge in [0.1, 0.15) is 0 Å². The van der Waals surface area contributed by atoms with Gasteiger partial charge in [-0.05, 0) is 17.7 Å². The Bertz CT molecular complexity index is 190. The van der Waals surface area contributed by atoms with Crippen LogP contribution in [0, 0.1) is 5.75 Å². The standard InChI is InChI=1S/C6H4NS/c1-2-7-6-3-5(1)4-8-6/h1-4H. The summed E-state index contributed by atoms with van der Waals surface area (Å²) in [5.41, 5.74) is 1.28. The second-order valence-electron chi connectivity index (χ2n) is 1.66. The molecule has 0 saturated carbocycles. The van der Waals surface area contributed by atoms with Crippen molar-refractivity contribution >= 4 is 11.8 Å². The minimum atomic E-state index is 1.11. The van der Waals surface area contributed by atoms with E-state index in [-0.39, 0.29) is 0 Å². The van der Waals surface area contributed by atoms with Gasteiger partial charge >= 0.3 is 0 Å². The molecule has 2 rings (SSSR count). The average molecular weight is 122 g/mol. The summed E-state index contributed by atoms with van der Waals surface area (Å²) in [4.78, 5) is 4.08. The van der Waals surface area contributed by atoms with Crippen LogP contribution in [0.2, 0.25) is 0 Å². The van der Waals surface area contributed by atoms with Gasteiger partial charge in [0.05, 0.1) is 10.8 Å². The first-order valence-electron chi connectivity index (χ1n) is 2.41. The molecular weight excluding hydrogens is 118 g/mol. The molecule has 0 fully saturated rings. The van der Waals surface area contributed by atoms with Crippen molar-refractivity contribution in [3.05, 3.63) is 29.6 Å². The molecule has 2 bridgehead atoms. The summed E-state index contributed by atoms with van der Waals surface area (Å²) in [6, 6.07) is 4.08. The molecule has 1 aromatic rings. The van der Waals surface area contributed by atoms with Crippen LogP contribution in [-0.4, -0.2) is 4.98 Å². The number of hydrogen-bond acceptors (Lipinski definition) is 2. The molecule has 0 spiro atoms. The Morgan fingerprint density at radius 2 is 2.50 bits per heavy atom. The van der Waals surface area contributed by atoms with E-state index in [1.54, 1.807) is 11.8 Å². The number of thioether (sulfide) groups is 1. The lowest BCUT2D eigenvalue weighted by atomic mass is 10.3. The lowest BCUT2D eigenvalue weighted by molar-refractivity contribution is 1.14. The van der Waals surface area contributed by atoms with Gasteiger partial charge < -0.3 is 0 Å². The highest BCUT2D eigenvalue weighted by molar-refractivity contribution is 8.01. The maximum atomic E-state index is 4.08. The van der Waals surface area contributed by atoms with Gasteiger partial charge in [0, 0.05) is 6.20 Å². The molecular formula is C6H4NS. The van der Waals surface area contributed by atoms with E-state index in [9.17, 15) is 0 Å². The molecule has 0 N–H and O–H groups in total. The molecule has 0 saturated heterocycles. The molecule has 1 aromatic heterocycles. The average Bonchev–Trinajstić information content (AvgIpc) is 2.12. The van der Waals surface area contributed by atoms with Gasteiger partial charge in [-0.1, -0.05) is 11.8 Å². The highest BCUT2D eigenvalue weighted by Crippen LogP contribution is 2.30. The quantitative estimate of drug-likeness (QED) is 0.519. The molecule has 0 aromatic carbocycles. The molecule has 2 heteroatoms. The summed E-state index contributed by atoms with van der Waals surface area (Å²) in [6.07, 6.45) is 1.83. The summed E-state index contributed by atoms with van der Waals surface area (Å²) < 4.78 is 0. The van der Waals surface area contributed by atoms with Crippen LogP contribution in [0.25, 0.3) is 0 Å². The molecule has 1 aliphatic rings. The van der Waals surface area contributed by atoms with Crippen molar-refractivity contribution in [3.8, 4) is 0 Å². The predicted molar refractivity (Wildman–Crippen MR) is 33.5 cm³/mol. The van der Waals surface area contributed by atoms with Crippen molar-refractivity contribution in [3.63, 3.8) is 0 Å². The van der Waals surface area contributed by atoms with Crippen LogP contribution in [0.5, 0.6) is 0 Å². The van der Waals surface area contributed by atoms with Gasteiger partial charge in [-0.15, -0.1) is 0 Å². The normalized spacial score (nSPS) is 14.5. The number of fused-ring (bicyclic) bond motifs is 2. The first-order valence-corrected chi connectivity index (χ1v) is 3.29. The van der Waals surface area contributed by atoms with Crippen molar-refractivity contribution in [1.82, 2.24) is 4.98 Å².